The number of methoxy groups -OCH3 is 3. The summed E-state index contributed by atoms with van der Waals surface area (Å²) in [5.74, 6) is 1.28. The van der Waals surface area contributed by atoms with Crippen molar-refractivity contribution in [3.8, 4) is 17.2 Å². The first-order valence-corrected chi connectivity index (χ1v) is 7.17. The molecule has 0 fully saturated rings. The summed E-state index contributed by atoms with van der Waals surface area (Å²) in [6, 6.07) is 3.31. The number of ether oxygens (including phenoxy) is 3. The van der Waals surface area contributed by atoms with E-state index < -0.39 is 5.54 Å². The minimum Gasteiger partial charge on any atom is -0.493 e. The number of amides is 1. The van der Waals surface area contributed by atoms with Gasteiger partial charge in [0.2, 0.25) is 5.75 Å². The molecule has 1 N–H and O–H groups in total. The predicted molar refractivity (Wildman–Crippen MR) is 83.0 cm³/mol. The van der Waals surface area contributed by atoms with Gasteiger partial charge in [0.1, 0.15) is 0 Å². The highest BCUT2D eigenvalue weighted by atomic mass is 35.5. The van der Waals surface area contributed by atoms with Gasteiger partial charge < -0.3 is 19.5 Å². The Morgan fingerprint density at radius 3 is 2.24 bits per heavy atom. The van der Waals surface area contributed by atoms with Crippen molar-refractivity contribution in [1.29, 1.82) is 0 Å². The maximum Gasteiger partial charge on any atom is 0.255 e. The van der Waals surface area contributed by atoms with E-state index in [-0.39, 0.29) is 5.91 Å². The minimum absolute atomic E-state index is 0.266. The van der Waals surface area contributed by atoms with Crippen LogP contribution in [0.25, 0.3) is 0 Å². The molecule has 1 aromatic rings. The molecule has 0 bridgehead atoms. The Morgan fingerprint density at radius 2 is 1.81 bits per heavy atom. The largest absolute Gasteiger partial charge is 0.493 e. The zero-order valence-electron chi connectivity index (χ0n) is 13.1. The lowest BCUT2D eigenvalue weighted by molar-refractivity contribution is 0.0908. The molecule has 0 aliphatic carbocycles. The van der Waals surface area contributed by atoms with Gasteiger partial charge in [-0.15, -0.1) is 11.6 Å². The lowest BCUT2D eigenvalue weighted by Gasteiger charge is -2.27. The fourth-order valence-corrected chi connectivity index (χ4v) is 2.09. The Kier molecular flexibility index (Phi) is 6.15. The van der Waals surface area contributed by atoms with Crippen LogP contribution >= 0.6 is 11.6 Å². The van der Waals surface area contributed by atoms with Crippen molar-refractivity contribution < 1.29 is 19.0 Å². The lowest BCUT2D eigenvalue weighted by Crippen LogP contribution is -2.47. The van der Waals surface area contributed by atoms with Gasteiger partial charge in [0, 0.05) is 5.88 Å². The standard InChI is InChI=1S/C15H22ClNO4/c1-6-15(2,9-16)17-14(18)10-7-8-11(19-3)13(21-5)12(10)20-4/h7-8H,6,9H2,1-5H3,(H,17,18). The molecule has 0 spiro atoms. The molecule has 1 atom stereocenters. The molecule has 1 rings (SSSR count). The van der Waals surface area contributed by atoms with Crippen LogP contribution in [0.2, 0.25) is 0 Å². The molecule has 118 valence electrons. The van der Waals surface area contributed by atoms with E-state index in [0.29, 0.717) is 28.7 Å². The first-order chi connectivity index (χ1) is 9.96. The van der Waals surface area contributed by atoms with Crippen LogP contribution in [-0.2, 0) is 0 Å². The molecule has 0 aliphatic rings. The van der Waals surface area contributed by atoms with Gasteiger partial charge in [-0.1, -0.05) is 6.92 Å². The lowest BCUT2D eigenvalue weighted by atomic mass is 10.0. The van der Waals surface area contributed by atoms with Crippen molar-refractivity contribution >= 4 is 17.5 Å². The first-order valence-electron chi connectivity index (χ1n) is 6.63. The van der Waals surface area contributed by atoms with Crippen LogP contribution < -0.4 is 19.5 Å². The highest BCUT2D eigenvalue weighted by molar-refractivity contribution is 6.19. The summed E-state index contributed by atoms with van der Waals surface area (Å²) in [7, 11) is 4.50. The molecule has 21 heavy (non-hydrogen) atoms. The Hall–Kier alpha value is -1.62. The van der Waals surface area contributed by atoms with Crippen LogP contribution in [-0.4, -0.2) is 38.7 Å². The summed E-state index contributed by atoms with van der Waals surface area (Å²) >= 11 is 5.93. The summed E-state index contributed by atoms with van der Waals surface area (Å²) < 4.78 is 15.8. The van der Waals surface area contributed by atoms with Crippen molar-refractivity contribution in [2.75, 3.05) is 27.2 Å². The summed E-state index contributed by atoms with van der Waals surface area (Å²) in [6.45, 7) is 3.86. The van der Waals surface area contributed by atoms with E-state index in [2.05, 4.69) is 5.32 Å². The van der Waals surface area contributed by atoms with Gasteiger partial charge in [-0.3, -0.25) is 4.79 Å². The highest BCUT2D eigenvalue weighted by Crippen LogP contribution is 2.39. The van der Waals surface area contributed by atoms with Crippen molar-refractivity contribution in [3.63, 3.8) is 0 Å². The molecule has 1 amide bonds. The fourth-order valence-electron chi connectivity index (χ4n) is 1.84. The topological polar surface area (TPSA) is 56.8 Å². The Balaban J connectivity index is 3.21. The number of rotatable bonds is 7. The van der Waals surface area contributed by atoms with Crippen molar-refractivity contribution in [2.45, 2.75) is 25.8 Å². The van der Waals surface area contributed by atoms with Crippen LogP contribution in [0.15, 0.2) is 12.1 Å². The van der Waals surface area contributed by atoms with E-state index in [9.17, 15) is 4.79 Å². The third-order valence-electron chi connectivity index (χ3n) is 3.44. The molecular formula is C15H22ClNO4. The van der Waals surface area contributed by atoms with E-state index in [1.165, 1.54) is 21.3 Å². The third-order valence-corrected chi connectivity index (χ3v) is 4.03. The van der Waals surface area contributed by atoms with Crippen LogP contribution in [0.1, 0.15) is 30.6 Å². The SMILES string of the molecule is CCC(C)(CCl)NC(=O)c1ccc(OC)c(OC)c1OC. The molecular weight excluding hydrogens is 294 g/mol. The quantitative estimate of drug-likeness (QED) is 0.786. The smallest absolute Gasteiger partial charge is 0.255 e. The van der Waals surface area contributed by atoms with Gasteiger partial charge in [-0.2, -0.15) is 0 Å². The Bertz CT molecular complexity index is 501. The maximum atomic E-state index is 12.5. The highest BCUT2D eigenvalue weighted by Gasteiger charge is 2.27. The molecule has 0 heterocycles. The Morgan fingerprint density at radius 1 is 1.19 bits per heavy atom. The van der Waals surface area contributed by atoms with Crippen molar-refractivity contribution in [3.05, 3.63) is 17.7 Å². The van der Waals surface area contributed by atoms with Gasteiger partial charge in [0.15, 0.2) is 11.5 Å². The van der Waals surface area contributed by atoms with Crippen LogP contribution in [0.4, 0.5) is 0 Å². The maximum absolute atomic E-state index is 12.5. The van der Waals surface area contributed by atoms with Gasteiger partial charge in [0.05, 0.1) is 32.4 Å². The predicted octanol–water partition coefficient (Wildman–Crippen LogP) is 2.85. The van der Waals surface area contributed by atoms with Gasteiger partial charge in [-0.25, -0.2) is 0 Å². The second-order valence-corrected chi connectivity index (χ2v) is 5.15. The molecule has 5 nitrogen and oxygen atoms in total. The summed E-state index contributed by atoms with van der Waals surface area (Å²) in [5, 5.41) is 2.93. The molecule has 0 saturated carbocycles. The number of hydrogen-bond donors (Lipinski definition) is 1. The number of nitrogens with one attached hydrogen (secondary N) is 1. The molecule has 0 aliphatic heterocycles. The fraction of sp³-hybridized carbons (Fsp3) is 0.533. The average molecular weight is 316 g/mol. The monoisotopic (exact) mass is 315 g/mol. The number of carbonyl (C=O) groups excluding carboxylic acids is 1. The number of halogens is 1. The van der Waals surface area contributed by atoms with Gasteiger partial charge >= 0.3 is 0 Å². The number of benzene rings is 1. The van der Waals surface area contributed by atoms with Gasteiger partial charge in [0.25, 0.3) is 5.91 Å². The minimum atomic E-state index is -0.475. The number of alkyl halides is 1. The second-order valence-electron chi connectivity index (χ2n) is 4.88. The van der Waals surface area contributed by atoms with Crippen molar-refractivity contribution in [1.82, 2.24) is 5.32 Å². The number of hydrogen-bond acceptors (Lipinski definition) is 4. The molecule has 1 unspecified atom stereocenters. The molecule has 0 radical (unpaired) electrons. The zero-order chi connectivity index (χ0) is 16.0. The molecule has 6 heteroatoms. The van der Waals surface area contributed by atoms with E-state index in [0.717, 1.165) is 6.42 Å². The molecule has 0 saturated heterocycles. The summed E-state index contributed by atoms with van der Waals surface area (Å²) in [6.07, 6.45) is 0.720. The van der Waals surface area contributed by atoms with Crippen LogP contribution in [0, 0.1) is 0 Å². The van der Waals surface area contributed by atoms with E-state index in [4.69, 9.17) is 25.8 Å². The summed E-state index contributed by atoms with van der Waals surface area (Å²) in [5.41, 5.74) is -0.100. The number of carbonyl (C=O) groups is 1. The van der Waals surface area contributed by atoms with E-state index in [1.54, 1.807) is 12.1 Å². The second kappa shape index (κ2) is 7.41. The van der Waals surface area contributed by atoms with Gasteiger partial charge in [-0.05, 0) is 25.5 Å². The first kappa shape index (κ1) is 17.4. The van der Waals surface area contributed by atoms with Crippen molar-refractivity contribution in [2.24, 2.45) is 0 Å². The Labute approximate surface area is 130 Å². The van der Waals surface area contributed by atoms with E-state index >= 15 is 0 Å². The molecule has 1 aromatic carbocycles. The van der Waals surface area contributed by atoms with Crippen LogP contribution in [0.5, 0.6) is 17.2 Å². The third kappa shape index (κ3) is 3.73. The zero-order valence-corrected chi connectivity index (χ0v) is 13.8. The molecule has 0 aromatic heterocycles. The summed E-state index contributed by atoms with van der Waals surface area (Å²) in [4.78, 5) is 12.5. The van der Waals surface area contributed by atoms with E-state index in [1.807, 2.05) is 13.8 Å². The normalized spacial score (nSPS) is 13.2. The average Bonchev–Trinajstić information content (AvgIpc) is 2.52. The van der Waals surface area contributed by atoms with Crippen LogP contribution in [0.3, 0.4) is 0 Å².